The fourth-order valence-electron chi connectivity index (χ4n) is 4.58. The topological polar surface area (TPSA) is 149 Å². The molecule has 3 N–H and O–H groups in total. The second kappa shape index (κ2) is 29.7. The molecule has 10 nitrogen and oxygen atoms in total. The van der Waals surface area contributed by atoms with E-state index in [1.54, 1.807) is 0 Å². The third-order valence-electron chi connectivity index (χ3n) is 7.26. The molecule has 0 aliphatic carbocycles. The summed E-state index contributed by atoms with van der Waals surface area (Å²) in [6, 6.07) is 0. The predicted molar refractivity (Wildman–Crippen MR) is 169 cm³/mol. The molecular weight excluding hydrogens is 575 g/mol. The van der Waals surface area contributed by atoms with Gasteiger partial charge in [-0.25, -0.2) is 4.57 Å². The molecule has 0 bridgehead atoms. The Labute approximate surface area is 261 Å². The van der Waals surface area contributed by atoms with Crippen LogP contribution in [0.1, 0.15) is 155 Å². The first-order valence-corrected chi connectivity index (χ1v) is 18.5. The minimum atomic E-state index is -4.59. The van der Waals surface area contributed by atoms with E-state index in [1.165, 1.54) is 70.6 Å². The van der Waals surface area contributed by atoms with E-state index >= 15 is 0 Å². The SMILES string of the molecule is CCCCCCCCCCCCCCCCCC(=O)OC(COC(=O)CCCCCCC)COP(=O)(O)OCC(O)CO. The van der Waals surface area contributed by atoms with Gasteiger partial charge in [-0.15, -0.1) is 0 Å². The zero-order valence-corrected chi connectivity index (χ0v) is 28.1. The maximum atomic E-state index is 12.4. The molecule has 0 aromatic carbocycles. The zero-order valence-electron chi connectivity index (χ0n) is 27.2. The lowest BCUT2D eigenvalue weighted by Crippen LogP contribution is -2.29. The molecule has 0 fully saturated rings. The van der Waals surface area contributed by atoms with Gasteiger partial charge in [-0.3, -0.25) is 18.6 Å². The van der Waals surface area contributed by atoms with Gasteiger partial charge in [0.15, 0.2) is 6.10 Å². The summed E-state index contributed by atoms with van der Waals surface area (Å²) in [5.74, 6) is -0.933. The molecule has 256 valence electrons. The molecule has 0 spiro atoms. The van der Waals surface area contributed by atoms with E-state index in [1.807, 2.05) is 0 Å². The summed E-state index contributed by atoms with van der Waals surface area (Å²) in [7, 11) is -4.59. The highest BCUT2D eigenvalue weighted by atomic mass is 31.2. The molecule has 0 radical (unpaired) electrons. The van der Waals surface area contributed by atoms with Crippen molar-refractivity contribution in [1.82, 2.24) is 0 Å². The third kappa shape index (κ3) is 29.4. The molecular formula is C32H63O10P. The van der Waals surface area contributed by atoms with E-state index in [-0.39, 0.29) is 19.4 Å². The monoisotopic (exact) mass is 638 g/mol. The van der Waals surface area contributed by atoms with E-state index in [0.29, 0.717) is 12.8 Å². The van der Waals surface area contributed by atoms with Gasteiger partial charge in [0.2, 0.25) is 0 Å². The first-order chi connectivity index (χ1) is 20.7. The van der Waals surface area contributed by atoms with E-state index in [4.69, 9.17) is 19.1 Å². The van der Waals surface area contributed by atoms with Gasteiger partial charge in [-0.2, -0.15) is 0 Å². The average molecular weight is 639 g/mol. The van der Waals surface area contributed by atoms with Crippen LogP contribution in [0, 0.1) is 0 Å². The summed E-state index contributed by atoms with van der Waals surface area (Å²) < 4.78 is 32.3. The van der Waals surface area contributed by atoms with E-state index < -0.39 is 51.8 Å². The lowest BCUT2D eigenvalue weighted by molar-refractivity contribution is -0.161. The molecule has 0 saturated carbocycles. The van der Waals surface area contributed by atoms with Crippen LogP contribution in [0.25, 0.3) is 0 Å². The van der Waals surface area contributed by atoms with Crippen LogP contribution < -0.4 is 0 Å². The number of hydrogen-bond acceptors (Lipinski definition) is 9. The molecule has 3 unspecified atom stereocenters. The van der Waals surface area contributed by atoms with Gasteiger partial charge in [-0.05, 0) is 12.8 Å². The van der Waals surface area contributed by atoms with Crippen molar-refractivity contribution in [3.8, 4) is 0 Å². The molecule has 0 heterocycles. The Morgan fingerprint density at radius 1 is 0.605 bits per heavy atom. The number of aliphatic hydroxyl groups excluding tert-OH is 2. The van der Waals surface area contributed by atoms with Gasteiger partial charge in [0, 0.05) is 12.8 Å². The highest BCUT2D eigenvalue weighted by molar-refractivity contribution is 7.47. The van der Waals surface area contributed by atoms with Crippen molar-refractivity contribution in [3.63, 3.8) is 0 Å². The third-order valence-corrected chi connectivity index (χ3v) is 8.21. The van der Waals surface area contributed by atoms with Crippen LogP contribution in [0.2, 0.25) is 0 Å². The van der Waals surface area contributed by atoms with Crippen LogP contribution in [0.4, 0.5) is 0 Å². The fourth-order valence-corrected chi connectivity index (χ4v) is 5.37. The van der Waals surface area contributed by atoms with Gasteiger partial charge in [0.25, 0.3) is 0 Å². The van der Waals surface area contributed by atoms with E-state index in [9.17, 15) is 24.2 Å². The molecule has 0 aromatic rings. The number of carbonyl (C=O) groups is 2. The highest BCUT2D eigenvalue weighted by Crippen LogP contribution is 2.43. The van der Waals surface area contributed by atoms with Crippen molar-refractivity contribution in [3.05, 3.63) is 0 Å². The van der Waals surface area contributed by atoms with Gasteiger partial charge in [0.1, 0.15) is 12.7 Å². The maximum Gasteiger partial charge on any atom is 0.472 e. The molecule has 0 aliphatic heterocycles. The number of hydrogen-bond donors (Lipinski definition) is 3. The van der Waals surface area contributed by atoms with Crippen LogP contribution in [0.15, 0.2) is 0 Å². The summed E-state index contributed by atoms with van der Waals surface area (Å²) in [4.78, 5) is 34.4. The van der Waals surface area contributed by atoms with Crippen LogP contribution in [-0.4, -0.2) is 65.7 Å². The summed E-state index contributed by atoms with van der Waals surface area (Å²) in [5, 5.41) is 18.2. The van der Waals surface area contributed by atoms with Crippen molar-refractivity contribution in [1.29, 1.82) is 0 Å². The van der Waals surface area contributed by atoms with Crippen LogP contribution in [0.5, 0.6) is 0 Å². The molecule has 43 heavy (non-hydrogen) atoms. The van der Waals surface area contributed by atoms with E-state index in [2.05, 4.69) is 18.4 Å². The second-order valence-electron chi connectivity index (χ2n) is 11.6. The largest absolute Gasteiger partial charge is 0.472 e. The minimum Gasteiger partial charge on any atom is -0.462 e. The molecule has 0 rings (SSSR count). The predicted octanol–water partition coefficient (Wildman–Crippen LogP) is 7.55. The minimum absolute atomic E-state index is 0.191. The van der Waals surface area contributed by atoms with Crippen LogP contribution in [0.3, 0.4) is 0 Å². The molecule has 3 atom stereocenters. The van der Waals surface area contributed by atoms with Gasteiger partial charge in [-0.1, -0.05) is 129 Å². The summed E-state index contributed by atoms with van der Waals surface area (Å²) in [6.07, 6.45) is 21.2. The maximum absolute atomic E-state index is 12.4. The Morgan fingerprint density at radius 3 is 1.44 bits per heavy atom. The summed E-state index contributed by atoms with van der Waals surface area (Å²) in [6.45, 7) is 2.27. The fraction of sp³-hybridized carbons (Fsp3) is 0.938. The van der Waals surface area contributed by atoms with Crippen molar-refractivity contribution in [2.45, 2.75) is 167 Å². The number of rotatable bonds is 32. The molecule has 0 amide bonds. The Bertz CT molecular complexity index is 706. The Hall–Kier alpha value is -1.03. The number of unbranched alkanes of at least 4 members (excludes halogenated alkanes) is 18. The van der Waals surface area contributed by atoms with Crippen molar-refractivity contribution < 1.29 is 47.8 Å². The van der Waals surface area contributed by atoms with E-state index in [0.717, 1.165) is 44.9 Å². The summed E-state index contributed by atoms with van der Waals surface area (Å²) in [5.41, 5.74) is 0. The van der Waals surface area contributed by atoms with Crippen molar-refractivity contribution in [2.24, 2.45) is 0 Å². The lowest BCUT2D eigenvalue weighted by atomic mass is 10.0. The quantitative estimate of drug-likeness (QED) is 0.0383. The normalized spacial score (nSPS) is 14.3. The van der Waals surface area contributed by atoms with Crippen molar-refractivity contribution >= 4 is 19.8 Å². The zero-order chi connectivity index (χ0) is 32.0. The summed E-state index contributed by atoms with van der Waals surface area (Å²) >= 11 is 0. The number of ether oxygens (including phenoxy) is 2. The Morgan fingerprint density at radius 2 is 1.00 bits per heavy atom. The number of esters is 2. The first kappa shape index (κ1) is 42.0. The number of phosphoric ester groups is 1. The smallest absolute Gasteiger partial charge is 0.462 e. The molecule has 11 heteroatoms. The van der Waals surface area contributed by atoms with Crippen LogP contribution >= 0.6 is 7.82 Å². The van der Waals surface area contributed by atoms with Crippen molar-refractivity contribution in [2.75, 3.05) is 26.4 Å². The Balaban J connectivity index is 4.27. The number of aliphatic hydroxyl groups is 2. The molecule has 0 saturated heterocycles. The first-order valence-electron chi connectivity index (χ1n) is 17.0. The van der Waals surface area contributed by atoms with Gasteiger partial charge < -0.3 is 24.6 Å². The lowest BCUT2D eigenvalue weighted by Gasteiger charge is -2.20. The van der Waals surface area contributed by atoms with Crippen LogP contribution in [-0.2, 0) is 32.7 Å². The second-order valence-corrected chi connectivity index (χ2v) is 13.0. The number of phosphoric acid groups is 1. The highest BCUT2D eigenvalue weighted by Gasteiger charge is 2.27. The molecule has 0 aromatic heterocycles. The van der Waals surface area contributed by atoms with Gasteiger partial charge >= 0.3 is 19.8 Å². The standard InChI is InChI=1S/C32H63O10P/c1-3-5-7-9-10-11-12-13-14-15-16-17-18-20-22-24-32(36)42-30(27-39-31(35)23-21-19-8-6-4-2)28-41-43(37,38)40-26-29(34)25-33/h29-30,33-34H,3-28H2,1-2H3,(H,37,38). The number of carbonyl (C=O) groups excluding carboxylic acids is 2. The van der Waals surface area contributed by atoms with Gasteiger partial charge in [0.05, 0.1) is 19.8 Å². The molecule has 0 aliphatic rings. The average Bonchev–Trinajstić information content (AvgIpc) is 2.99. The Kier molecular flexibility index (Phi) is 29.0.